The molecule has 70 valence electrons. The van der Waals surface area contributed by atoms with Crippen LogP contribution in [0, 0.1) is 0 Å². The van der Waals surface area contributed by atoms with Gasteiger partial charge in [0.25, 0.3) is 0 Å². The minimum Gasteiger partial charge on any atom is -0.423 e. The molecule has 1 aliphatic heterocycles. The van der Waals surface area contributed by atoms with Crippen LogP contribution in [0.15, 0.2) is 4.42 Å². The normalized spacial score (nSPS) is 28.2. The molecule has 0 aromatic carbocycles. The monoisotopic (exact) mass is 179 g/mol. The predicted molar refractivity (Wildman–Crippen MR) is 46.3 cm³/mol. The number of aromatic nitrogens is 2. The molecule has 1 unspecified atom stereocenters. The largest absolute Gasteiger partial charge is 0.423 e. The third kappa shape index (κ3) is 1.35. The first-order chi connectivity index (χ1) is 6.43. The van der Waals surface area contributed by atoms with Crippen molar-refractivity contribution in [3.63, 3.8) is 0 Å². The highest BCUT2D eigenvalue weighted by Crippen LogP contribution is 2.39. The van der Waals surface area contributed by atoms with Crippen LogP contribution in [-0.4, -0.2) is 16.7 Å². The summed E-state index contributed by atoms with van der Waals surface area (Å²) in [7, 11) is 0. The minimum atomic E-state index is 0.319. The maximum atomic E-state index is 5.61. The third-order valence-corrected chi connectivity index (χ3v) is 2.74. The zero-order valence-electron chi connectivity index (χ0n) is 7.49. The molecule has 4 heteroatoms. The molecule has 3 rings (SSSR count). The number of hydrogen-bond acceptors (Lipinski definition) is 4. The highest BCUT2D eigenvalue weighted by Gasteiger charge is 2.31. The van der Waals surface area contributed by atoms with Gasteiger partial charge in [-0.2, -0.15) is 0 Å². The van der Waals surface area contributed by atoms with Crippen LogP contribution < -0.4 is 5.32 Å². The van der Waals surface area contributed by atoms with E-state index in [2.05, 4.69) is 15.5 Å². The standard InChI is InChI=1S/C9H13N3O/c1-2-7(10-5-1)9-12-11-8(13-9)6-3-4-6/h6-7,10H,1-5H2. The van der Waals surface area contributed by atoms with E-state index in [-0.39, 0.29) is 0 Å². The summed E-state index contributed by atoms with van der Waals surface area (Å²) in [6, 6.07) is 0.319. The van der Waals surface area contributed by atoms with Crippen molar-refractivity contribution in [2.45, 2.75) is 37.6 Å². The van der Waals surface area contributed by atoms with Crippen LogP contribution in [-0.2, 0) is 0 Å². The van der Waals surface area contributed by atoms with Crippen molar-refractivity contribution < 1.29 is 4.42 Å². The second kappa shape index (κ2) is 2.80. The summed E-state index contributed by atoms with van der Waals surface area (Å²) in [4.78, 5) is 0. The van der Waals surface area contributed by atoms with Crippen LogP contribution in [0.3, 0.4) is 0 Å². The van der Waals surface area contributed by atoms with E-state index < -0.39 is 0 Å². The molecule has 1 saturated heterocycles. The number of rotatable bonds is 2. The summed E-state index contributed by atoms with van der Waals surface area (Å²) in [5.41, 5.74) is 0. The summed E-state index contributed by atoms with van der Waals surface area (Å²) in [5.74, 6) is 2.21. The Hall–Kier alpha value is -0.900. The van der Waals surface area contributed by atoms with Gasteiger partial charge in [0.15, 0.2) is 0 Å². The first kappa shape index (κ1) is 7.50. The Morgan fingerprint density at radius 1 is 1.15 bits per heavy atom. The summed E-state index contributed by atoms with van der Waals surface area (Å²) in [6.07, 6.45) is 4.79. The van der Waals surface area contributed by atoms with Gasteiger partial charge in [-0.25, -0.2) is 0 Å². The molecule has 1 aliphatic carbocycles. The molecule has 1 N–H and O–H groups in total. The van der Waals surface area contributed by atoms with E-state index in [9.17, 15) is 0 Å². The van der Waals surface area contributed by atoms with Gasteiger partial charge in [-0.05, 0) is 32.2 Å². The Kier molecular flexibility index (Phi) is 1.62. The number of nitrogens with zero attached hydrogens (tertiary/aromatic N) is 2. The molecular formula is C9H13N3O. The van der Waals surface area contributed by atoms with E-state index in [4.69, 9.17) is 4.42 Å². The first-order valence-corrected chi connectivity index (χ1v) is 5.00. The van der Waals surface area contributed by atoms with E-state index >= 15 is 0 Å². The Morgan fingerprint density at radius 2 is 2.00 bits per heavy atom. The summed E-state index contributed by atoms with van der Waals surface area (Å²) < 4.78 is 5.61. The van der Waals surface area contributed by atoms with Crippen molar-refractivity contribution >= 4 is 0 Å². The van der Waals surface area contributed by atoms with Crippen LogP contribution in [0.2, 0.25) is 0 Å². The zero-order valence-corrected chi connectivity index (χ0v) is 7.49. The lowest BCUT2D eigenvalue weighted by Crippen LogP contribution is -2.12. The van der Waals surface area contributed by atoms with Crippen molar-refractivity contribution in [1.82, 2.24) is 15.5 Å². The third-order valence-electron chi connectivity index (χ3n) is 2.74. The fraction of sp³-hybridized carbons (Fsp3) is 0.778. The number of nitrogens with one attached hydrogen (secondary N) is 1. The first-order valence-electron chi connectivity index (χ1n) is 5.00. The average Bonchev–Trinajstić information content (AvgIpc) is 2.72. The van der Waals surface area contributed by atoms with Crippen molar-refractivity contribution in [1.29, 1.82) is 0 Å². The van der Waals surface area contributed by atoms with Gasteiger partial charge in [-0.1, -0.05) is 0 Å². The average molecular weight is 179 g/mol. The molecule has 1 saturated carbocycles. The summed E-state index contributed by atoms with van der Waals surface area (Å²) in [6.45, 7) is 1.08. The molecular weight excluding hydrogens is 166 g/mol. The van der Waals surface area contributed by atoms with E-state index in [0.717, 1.165) is 24.7 Å². The molecule has 0 radical (unpaired) electrons. The molecule has 0 bridgehead atoms. The maximum absolute atomic E-state index is 5.61. The van der Waals surface area contributed by atoms with Gasteiger partial charge in [0.1, 0.15) is 0 Å². The fourth-order valence-corrected chi connectivity index (χ4v) is 1.78. The second-order valence-corrected chi connectivity index (χ2v) is 3.90. The smallest absolute Gasteiger partial charge is 0.233 e. The lowest BCUT2D eigenvalue weighted by Gasteiger charge is -2.01. The molecule has 0 spiro atoms. The topological polar surface area (TPSA) is 51.0 Å². The lowest BCUT2D eigenvalue weighted by molar-refractivity contribution is 0.403. The van der Waals surface area contributed by atoms with Crippen molar-refractivity contribution in [2.24, 2.45) is 0 Å². The van der Waals surface area contributed by atoms with Crippen LogP contribution in [0.4, 0.5) is 0 Å². The Balaban J connectivity index is 1.79. The second-order valence-electron chi connectivity index (χ2n) is 3.90. The molecule has 13 heavy (non-hydrogen) atoms. The lowest BCUT2D eigenvalue weighted by atomic mass is 10.2. The van der Waals surface area contributed by atoms with E-state index in [1.54, 1.807) is 0 Å². The van der Waals surface area contributed by atoms with Gasteiger partial charge in [-0.15, -0.1) is 10.2 Å². The Morgan fingerprint density at radius 3 is 2.69 bits per heavy atom. The minimum absolute atomic E-state index is 0.319. The van der Waals surface area contributed by atoms with Gasteiger partial charge in [0.2, 0.25) is 11.8 Å². The highest BCUT2D eigenvalue weighted by atomic mass is 16.4. The van der Waals surface area contributed by atoms with E-state index in [0.29, 0.717) is 12.0 Å². The molecule has 2 heterocycles. The van der Waals surface area contributed by atoms with Crippen molar-refractivity contribution in [3.05, 3.63) is 11.8 Å². The zero-order chi connectivity index (χ0) is 8.67. The molecule has 1 aromatic rings. The Bertz CT molecular complexity index is 300. The maximum Gasteiger partial charge on any atom is 0.233 e. The van der Waals surface area contributed by atoms with E-state index in [1.165, 1.54) is 19.3 Å². The molecule has 4 nitrogen and oxygen atoms in total. The fourth-order valence-electron chi connectivity index (χ4n) is 1.78. The Labute approximate surface area is 76.7 Å². The van der Waals surface area contributed by atoms with Crippen LogP contribution >= 0.6 is 0 Å². The van der Waals surface area contributed by atoms with Crippen LogP contribution in [0.1, 0.15) is 49.4 Å². The van der Waals surface area contributed by atoms with Crippen LogP contribution in [0.5, 0.6) is 0 Å². The highest BCUT2D eigenvalue weighted by molar-refractivity contribution is 5.02. The van der Waals surface area contributed by atoms with Gasteiger partial charge >= 0.3 is 0 Å². The molecule has 0 amide bonds. The molecule has 2 fully saturated rings. The van der Waals surface area contributed by atoms with E-state index in [1.807, 2.05) is 0 Å². The molecule has 1 aromatic heterocycles. The quantitative estimate of drug-likeness (QED) is 0.745. The van der Waals surface area contributed by atoms with Gasteiger partial charge in [-0.3, -0.25) is 0 Å². The van der Waals surface area contributed by atoms with Gasteiger partial charge in [0.05, 0.1) is 6.04 Å². The molecule has 2 aliphatic rings. The molecule has 1 atom stereocenters. The van der Waals surface area contributed by atoms with Crippen LogP contribution in [0.25, 0.3) is 0 Å². The van der Waals surface area contributed by atoms with Crippen molar-refractivity contribution in [3.8, 4) is 0 Å². The van der Waals surface area contributed by atoms with Gasteiger partial charge in [0, 0.05) is 5.92 Å². The number of hydrogen-bond donors (Lipinski definition) is 1. The van der Waals surface area contributed by atoms with Crippen molar-refractivity contribution in [2.75, 3.05) is 6.54 Å². The SMILES string of the molecule is C1CNC(c2nnc(C3CC3)o2)C1. The van der Waals surface area contributed by atoms with Gasteiger partial charge < -0.3 is 9.73 Å². The summed E-state index contributed by atoms with van der Waals surface area (Å²) in [5, 5.41) is 11.5. The summed E-state index contributed by atoms with van der Waals surface area (Å²) >= 11 is 0. The predicted octanol–water partition coefficient (Wildman–Crippen LogP) is 1.37.